The summed E-state index contributed by atoms with van der Waals surface area (Å²) in [6, 6.07) is 6.28. The fraction of sp³-hybridized carbons (Fsp3) is 0.100. The van der Waals surface area contributed by atoms with Crippen LogP contribution in [0.4, 0.5) is 0 Å². The summed E-state index contributed by atoms with van der Waals surface area (Å²) in [4.78, 5) is 0. The van der Waals surface area contributed by atoms with Gasteiger partial charge in [-0.05, 0) is 34.1 Å². The van der Waals surface area contributed by atoms with Crippen LogP contribution < -0.4 is 4.68 Å². The van der Waals surface area contributed by atoms with E-state index in [1.165, 1.54) is 10.1 Å². The second-order valence-electron chi connectivity index (χ2n) is 3.48. The number of aromatic amines is 1. The molecule has 0 radical (unpaired) electrons. The Kier molecular flexibility index (Phi) is 2.26. The lowest BCUT2D eigenvalue weighted by Gasteiger charge is -1.95. The van der Waals surface area contributed by atoms with Gasteiger partial charge in [0.1, 0.15) is 5.10 Å². The second-order valence-corrected chi connectivity index (χ2v) is 5.24. The number of hydrogen-bond donors (Lipinski definition) is 1. The molecule has 0 saturated carbocycles. The molecule has 0 aliphatic heterocycles. The maximum absolute atomic E-state index is 4.05. The summed E-state index contributed by atoms with van der Waals surface area (Å²) >= 11 is 5.27. The molecule has 0 aliphatic carbocycles. The summed E-state index contributed by atoms with van der Waals surface area (Å²) in [6.07, 6.45) is 0. The van der Waals surface area contributed by atoms with Crippen molar-refractivity contribution in [1.29, 1.82) is 0 Å². The Bertz CT molecular complexity index is 658. The minimum Gasteiger partial charge on any atom is -0.161 e. The first-order valence-corrected chi connectivity index (χ1v) is 6.37. The normalized spacial score (nSPS) is 11.1. The van der Waals surface area contributed by atoms with Crippen molar-refractivity contribution in [2.45, 2.75) is 0 Å². The molecule has 3 aromatic rings. The summed E-state index contributed by atoms with van der Waals surface area (Å²) in [5, 5.41) is 13.9. The molecular weight excluding hydrogens is 288 g/mol. The first kappa shape index (κ1) is 9.92. The number of halogens is 1. The maximum atomic E-state index is 4.05. The number of aromatic nitrogens is 4. The molecule has 0 saturated heterocycles. The van der Waals surface area contributed by atoms with Gasteiger partial charge in [0.05, 0.1) is 12.6 Å². The Morgan fingerprint density at radius 1 is 1.44 bits per heavy atom. The predicted octanol–water partition coefficient (Wildman–Crippen LogP) is 2.27. The van der Waals surface area contributed by atoms with Gasteiger partial charge in [0.25, 0.3) is 0 Å². The average molecular weight is 296 g/mol. The van der Waals surface area contributed by atoms with E-state index in [2.05, 4.69) is 55.0 Å². The number of nitrogens with one attached hydrogen (secondary N) is 1. The van der Waals surface area contributed by atoms with Crippen LogP contribution in [0.1, 0.15) is 0 Å². The number of fused-ring (bicyclic) bond motifs is 1. The van der Waals surface area contributed by atoms with Crippen LogP contribution in [-0.4, -0.2) is 15.5 Å². The number of benzene rings is 1. The molecule has 1 N–H and O–H groups in total. The van der Waals surface area contributed by atoms with Gasteiger partial charge in [0.15, 0.2) is 5.21 Å². The van der Waals surface area contributed by atoms with Crippen LogP contribution in [0.2, 0.25) is 0 Å². The number of aryl methyl sites for hydroxylation is 1. The molecule has 0 bridgehead atoms. The molecule has 6 heteroatoms. The fourth-order valence-corrected chi connectivity index (χ4v) is 3.18. The van der Waals surface area contributed by atoms with Crippen LogP contribution in [-0.2, 0) is 7.05 Å². The zero-order valence-electron chi connectivity index (χ0n) is 8.44. The van der Waals surface area contributed by atoms with Crippen molar-refractivity contribution in [3.05, 3.63) is 28.1 Å². The molecule has 1 aromatic carbocycles. The van der Waals surface area contributed by atoms with E-state index in [0.29, 0.717) is 0 Å². The molecule has 0 aliphatic rings. The molecule has 4 nitrogen and oxygen atoms in total. The fourth-order valence-electron chi connectivity index (χ4n) is 1.64. The highest BCUT2D eigenvalue weighted by molar-refractivity contribution is 9.10. The maximum Gasteiger partial charge on any atom is 0.331 e. The molecule has 80 valence electrons. The number of hydrogen-bond acceptors (Lipinski definition) is 3. The zero-order valence-corrected chi connectivity index (χ0v) is 10.8. The molecular formula is C10H8BrN4S+. The Balaban J connectivity index is 2.25. The van der Waals surface area contributed by atoms with Gasteiger partial charge in [-0.1, -0.05) is 5.21 Å². The van der Waals surface area contributed by atoms with Crippen molar-refractivity contribution < 1.29 is 4.68 Å². The average Bonchev–Trinajstić information content (AvgIpc) is 2.86. The van der Waals surface area contributed by atoms with Gasteiger partial charge in [-0.25, -0.2) is 0 Å². The molecule has 2 aromatic heterocycles. The second kappa shape index (κ2) is 3.64. The Hall–Kier alpha value is -1.27. The van der Waals surface area contributed by atoms with Crippen molar-refractivity contribution in [2.24, 2.45) is 7.05 Å². The van der Waals surface area contributed by atoms with Crippen molar-refractivity contribution in [3.8, 4) is 11.4 Å². The van der Waals surface area contributed by atoms with Gasteiger partial charge in [0.2, 0.25) is 0 Å². The third kappa shape index (κ3) is 1.45. The molecule has 0 spiro atoms. The smallest absolute Gasteiger partial charge is 0.161 e. The predicted molar refractivity (Wildman–Crippen MR) is 66.1 cm³/mol. The van der Waals surface area contributed by atoms with E-state index in [-0.39, 0.29) is 0 Å². The van der Waals surface area contributed by atoms with Crippen molar-refractivity contribution in [1.82, 2.24) is 15.5 Å². The van der Waals surface area contributed by atoms with Gasteiger partial charge in [-0.3, -0.25) is 0 Å². The van der Waals surface area contributed by atoms with Gasteiger partial charge in [0, 0.05) is 19.9 Å². The highest BCUT2D eigenvalue weighted by Crippen LogP contribution is 2.32. The zero-order chi connectivity index (χ0) is 11.1. The summed E-state index contributed by atoms with van der Waals surface area (Å²) in [6.45, 7) is 0. The quantitative estimate of drug-likeness (QED) is 0.700. The molecule has 0 unspecified atom stereocenters. The molecule has 0 atom stereocenters. The van der Waals surface area contributed by atoms with Gasteiger partial charge in [-0.15, -0.1) is 11.3 Å². The van der Waals surface area contributed by atoms with Crippen molar-refractivity contribution in [2.75, 3.05) is 0 Å². The number of thiophene rings is 1. The van der Waals surface area contributed by atoms with Crippen molar-refractivity contribution in [3.63, 3.8) is 0 Å². The first-order valence-electron chi connectivity index (χ1n) is 4.70. The number of H-pyrrole nitrogens is 1. The molecule has 16 heavy (non-hydrogen) atoms. The Labute approximate surface area is 104 Å². The minimum atomic E-state index is 0.833. The van der Waals surface area contributed by atoms with Gasteiger partial charge in [-0.2, -0.15) is 4.68 Å². The lowest BCUT2D eigenvalue weighted by atomic mass is 10.1. The van der Waals surface area contributed by atoms with E-state index in [0.717, 1.165) is 15.9 Å². The summed E-state index contributed by atoms with van der Waals surface area (Å²) < 4.78 is 4.18. The molecule has 0 fully saturated rings. The highest BCUT2D eigenvalue weighted by Gasteiger charge is 2.14. The minimum absolute atomic E-state index is 0.833. The van der Waals surface area contributed by atoms with E-state index in [9.17, 15) is 0 Å². The van der Waals surface area contributed by atoms with Crippen LogP contribution in [0.25, 0.3) is 21.5 Å². The highest BCUT2D eigenvalue weighted by atomic mass is 79.9. The van der Waals surface area contributed by atoms with Crippen molar-refractivity contribution >= 4 is 37.4 Å². The topological polar surface area (TPSA) is 45.5 Å². The Morgan fingerprint density at radius 2 is 2.31 bits per heavy atom. The largest absolute Gasteiger partial charge is 0.331 e. The van der Waals surface area contributed by atoms with Gasteiger partial charge >= 0.3 is 5.82 Å². The van der Waals surface area contributed by atoms with E-state index in [4.69, 9.17) is 0 Å². The third-order valence-electron chi connectivity index (χ3n) is 2.44. The van der Waals surface area contributed by atoms with Crippen LogP contribution in [0, 0.1) is 0 Å². The van der Waals surface area contributed by atoms with Crippen LogP contribution in [0.5, 0.6) is 0 Å². The van der Waals surface area contributed by atoms with E-state index < -0.39 is 0 Å². The van der Waals surface area contributed by atoms with Crippen LogP contribution in [0.3, 0.4) is 0 Å². The SMILES string of the molecule is C[n+]1[nH]nnc1-c1ccc2scc(Br)c2c1. The van der Waals surface area contributed by atoms with Crippen LogP contribution >= 0.6 is 27.3 Å². The summed E-state index contributed by atoms with van der Waals surface area (Å²) in [5.74, 6) is 0.833. The molecule has 0 amide bonds. The third-order valence-corrected chi connectivity index (χ3v) is 4.36. The standard InChI is InChI=1S/C10H7BrN4S/c1-15-10(12-13-14-15)6-2-3-9-7(4-6)8(11)5-16-9/h2-5H,1H3/p+1. The Morgan fingerprint density at radius 3 is 3.06 bits per heavy atom. The first-order chi connectivity index (χ1) is 7.75. The monoisotopic (exact) mass is 295 g/mol. The number of rotatable bonds is 1. The van der Waals surface area contributed by atoms with E-state index in [1.807, 2.05) is 7.05 Å². The van der Waals surface area contributed by atoms with Gasteiger partial charge < -0.3 is 0 Å². The van der Waals surface area contributed by atoms with Crippen LogP contribution in [0.15, 0.2) is 28.1 Å². The van der Waals surface area contributed by atoms with E-state index in [1.54, 1.807) is 16.0 Å². The molecule has 3 rings (SSSR count). The lowest BCUT2D eigenvalue weighted by molar-refractivity contribution is -0.721. The summed E-state index contributed by atoms with van der Waals surface area (Å²) in [5.41, 5.74) is 1.06. The lowest BCUT2D eigenvalue weighted by Crippen LogP contribution is -2.32. The number of nitrogens with zero attached hydrogens (tertiary/aromatic N) is 3. The van der Waals surface area contributed by atoms with E-state index >= 15 is 0 Å². The summed E-state index contributed by atoms with van der Waals surface area (Å²) in [7, 11) is 1.89. The number of tetrazole rings is 1. The molecule has 2 heterocycles.